The van der Waals surface area contributed by atoms with Gasteiger partial charge in [-0.25, -0.2) is 0 Å². The van der Waals surface area contributed by atoms with Gasteiger partial charge in [0.2, 0.25) is 5.91 Å². The lowest BCUT2D eigenvalue weighted by atomic mass is 9.82. The summed E-state index contributed by atoms with van der Waals surface area (Å²) in [5.41, 5.74) is 1.05. The number of carbonyl (C=O) groups is 3. The van der Waals surface area contributed by atoms with E-state index in [2.05, 4.69) is 5.32 Å². The van der Waals surface area contributed by atoms with Crippen LogP contribution in [0.5, 0.6) is 0 Å². The maximum absolute atomic E-state index is 12.8. The molecule has 0 fully saturated rings. The lowest BCUT2D eigenvalue weighted by molar-refractivity contribution is -0.146. The monoisotopic (exact) mass is 383 g/mol. The van der Waals surface area contributed by atoms with E-state index in [-0.39, 0.29) is 11.3 Å². The number of hydrogen-bond acceptors (Lipinski definition) is 3. The van der Waals surface area contributed by atoms with Gasteiger partial charge in [-0.05, 0) is 31.0 Å². The molecular weight excluding hydrogens is 366 g/mol. The summed E-state index contributed by atoms with van der Waals surface area (Å²) in [6, 6.07) is 13.3. The maximum Gasteiger partial charge on any atom is 0.307 e. The van der Waals surface area contributed by atoms with Crippen LogP contribution in [0.15, 0.2) is 60.7 Å². The Bertz CT molecular complexity index is 908. The molecule has 3 rings (SSSR count). The zero-order valence-corrected chi connectivity index (χ0v) is 15.1. The van der Waals surface area contributed by atoms with Gasteiger partial charge in [0.15, 0.2) is 5.78 Å². The van der Waals surface area contributed by atoms with Crippen LogP contribution in [0.3, 0.4) is 0 Å². The van der Waals surface area contributed by atoms with Crippen LogP contribution in [-0.2, 0) is 9.59 Å². The minimum Gasteiger partial charge on any atom is -0.481 e. The topological polar surface area (TPSA) is 83.5 Å². The molecule has 27 heavy (non-hydrogen) atoms. The van der Waals surface area contributed by atoms with Gasteiger partial charge in [-0.1, -0.05) is 54.1 Å². The number of hydrogen-bond donors (Lipinski definition) is 2. The molecule has 0 radical (unpaired) electrons. The second-order valence-corrected chi connectivity index (χ2v) is 6.80. The number of halogens is 1. The van der Waals surface area contributed by atoms with Crippen LogP contribution in [0.1, 0.15) is 28.8 Å². The van der Waals surface area contributed by atoms with Crippen molar-refractivity contribution in [1.29, 1.82) is 0 Å². The predicted molar refractivity (Wildman–Crippen MR) is 103 cm³/mol. The molecule has 2 atom stereocenters. The highest BCUT2D eigenvalue weighted by molar-refractivity contribution is 6.31. The number of carboxylic acids is 1. The number of allylic oxidation sites excluding steroid dienone is 2. The highest BCUT2D eigenvalue weighted by atomic mass is 35.5. The first-order valence-electron chi connectivity index (χ1n) is 8.55. The Morgan fingerprint density at radius 3 is 2.30 bits per heavy atom. The summed E-state index contributed by atoms with van der Waals surface area (Å²) >= 11 is 6.05. The van der Waals surface area contributed by atoms with E-state index in [0.29, 0.717) is 29.1 Å². The lowest BCUT2D eigenvalue weighted by Crippen LogP contribution is -2.35. The quantitative estimate of drug-likeness (QED) is 0.599. The summed E-state index contributed by atoms with van der Waals surface area (Å²) < 4.78 is 0. The third-order valence-corrected chi connectivity index (χ3v) is 4.84. The Morgan fingerprint density at radius 1 is 0.963 bits per heavy atom. The average Bonchev–Trinajstić information content (AvgIpc) is 2.69. The van der Waals surface area contributed by atoms with Gasteiger partial charge < -0.3 is 10.4 Å². The van der Waals surface area contributed by atoms with Crippen LogP contribution in [0.4, 0.5) is 5.69 Å². The smallest absolute Gasteiger partial charge is 0.307 e. The van der Waals surface area contributed by atoms with E-state index < -0.39 is 23.7 Å². The number of anilines is 1. The fourth-order valence-electron chi connectivity index (χ4n) is 3.16. The standard InChI is InChI=1S/C21H18ClNO4/c22-14-10-11-18(17(12-14)19(24)13-6-2-1-3-7-13)23-20(25)15-8-4-5-9-16(15)21(26)27/h1-7,10-12,15-16H,8-9H2,(H,23,25)(H,26,27)/t15-,16-/m0/s1. The maximum atomic E-state index is 12.8. The fourth-order valence-corrected chi connectivity index (χ4v) is 3.33. The highest BCUT2D eigenvalue weighted by Crippen LogP contribution is 2.29. The minimum absolute atomic E-state index is 0.264. The molecule has 2 aromatic carbocycles. The van der Waals surface area contributed by atoms with Crippen LogP contribution >= 0.6 is 11.6 Å². The molecule has 5 nitrogen and oxygen atoms in total. The summed E-state index contributed by atoms with van der Waals surface area (Å²) in [4.78, 5) is 37.0. The summed E-state index contributed by atoms with van der Waals surface area (Å²) in [6.45, 7) is 0. The largest absolute Gasteiger partial charge is 0.481 e. The van der Waals surface area contributed by atoms with E-state index in [4.69, 9.17) is 11.6 Å². The molecule has 2 N–H and O–H groups in total. The highest BCUT2D eigenvalue weighted by Gasteiger charge is 2.34. The molecule has 0 spiro atoms. The molecule has 0 aliphatic heterocycles. The van der Waals surface area contributed by atoms with Gasteiger partial charge in [-0.15, -0.1) is 0 Å². The van der Waals surface area contributed by atoms with Crippen molar-refractivity contribution in [2.24, 2.45) is 11.8 Å². The molecule has 0 saturated carbocycles. The molecule has 0 saturated heterocycles. The van der Waals surface area contributed by atoms with Crippen LogP contribution in [-0.4, -0.2) is 22.8 Å². The second-order valence-electron chi connectivity index (χ2n) is 6.37. The summed E-state index contributed by atoms with van der Waals surface area (Å²) in [5.74, 6) is -3.17. The Morgan fingerprint density at radius 2 is 1.63 bits per heavy atom. The Labute approximate surface area is 161 Å². The molecule has 1 aliphatic rings. The summed E-state index contributed by atoms with van der Waals surface area (Å²) in [7, 11) is 0. The Balaban J connectivity index is 1.89. The predicted octanol–water partition coefficient (Wildman–Crippen LogP) is 4.18. The first-order chi connectivity index (χ1) is 13.0. The van der Waals surface area contributed by atoms with Crippen molar-refractivity contribution in [2.45, 2.75) is 12.8 Å². The first-order valence-corrected chi connectivity index (χ1v) is 8.93. The van der Waals surface area contributed by atoms with Crippen molar-refractivity contribution in [1.82, 2.24) is 0 Å². The summed E-state index contributed by atoms with van der Waals surface area (Å²) in [5, 5.41) is 12.5. The molecule has 1 amide bonds. The summed E-state index contributed by atoms with van der Waals surface area (Å²) in [6.07, 6.45) is 4.24. The molecule has 6 heteroatoms. The van der Waals surface area contributed by atoms with E-state index in [1.165, 1.54) is 6.07 Å². The van der Waals surface area contributed by atoms with Gasteiger partial charge in [-0.2, -0.15) is 0 Å². The lowest BCUT2D eigenvalue weighted by Gasteiger charge is -2.24. The van der Waals surface area contributed by atoms with Gasteiger partial charge in [-0.3, -0.25) is 14.4 Å². The number of benzene rings is 2. The number of rotatable bonds is 5. The van der Waals surface area contributed by atoms with Crippen LogP contribution in [0, 0.1) is 11.8 Å². The van der Waals surface area contributed by atoms with Gasteiger partial charge in [0.05, 0.1) is 17.5 Å². The molecule has 0 heterocycles. The van der Waals surface area contributed by atoms with Gasteiger partial charge in [0.1, 0.15) is 0 Å². The second kappa shape index (κ2) is 8.18. The molecule has 0 aromatic heterocycles. The zero-order chi connectivity index (χ0) is 19.4. The van der Waals surface area contributed by atoms with E-state index in [9.17, 15) is 19.5 Å². The van der Waals surface area contributed by atoms with Crippen molar-refractivity contribution < 1.29 is 19.5 Å². The third-order valence-electron chi connectivity index (χ3n) is 4.61. The molecule has 0 unspecified atom stereocenters. The van der Waals surface area contributed by atoms with E-state index in [1.807, 2.05) is 6.08 Å². The van der Waals surface area contributed by atoms with Gasteiger partial charge >= 0.3 is 5.97 Å². The number of aliphatic carboxylic acids is 1. The number of nitrogens with one attached hydrogen (secondary N) is 1. The van der Waals surface area contributed by atoms with Crippen molar-refractivity contribution in [2.75, 3.05) is 5.32 Å². The molecule has 1 aliphatic carbocycles. The Hall–Kier alpha value is -2.92. The van der Waals surface area contributed by atoms with E-state index >= 15 is 0 Å². The zero-order valence-electron chi connectivity index (χ0n) is 14.4. The number of ketones is 1. The number of carbonyl (C=O) groups excluding carboxylic acids is 2. The van der Waals surface area contributed by atoms with Gasteiger partial charge in [0.25, 0.3) is 0 Å². The van der Waals surface area contributed by atoms with Gasteiger partial charge in [0, 0.05) is 16.1 Å². The third kappa shape index (κ3) is 4.26. The van der Waals surface area contributed by atoms with Crippen molar-refractivity contribution in [3.8, 4) is 0 Å². The molecule has 2 aromatic rings. The molecule has 0 bridgehead atoms. The van der Waals surface area contributed by atoms with Crippen molar-refractivity contribution in [3.63, 3.8) is 0 Å². The Kier molecular flexibility index (Phi) is 5.72. The van der Waals surface area contributed by atoms with Crippen molar-refractivity contribution >= 4 is 34.9 Å². The van der Waals surface area contributed by atoms with Crippen molar-refractivity contribution in [3.05, 3.63) is 76.8 Å². The average molecular weight is 384 g/mol. The molecule has 138 valence electrons. The normalized spacial score (nSPS) is 18.7. The minimum atomic E-state index is -1.00. The van der Waals surface area contributed by atoms with E-state index in [0.717, 1.165) is 0 Å². The SMILES string of the molecule is O=C(c1ccccc1)c1cc(Cl)ccc1NC(=O)[C@H]1CC=CC[C@@H]1C(=O)O. The van der Waals surface area contributed by atoms with Crippen LogP contribution < -0.4 is 5.32 Å². The van der Waals surface area contributed by atoms with Crippen LogP contribution in [0.25, 0.3) is 0 Å². The first kappa shape index (κ1) is 18.9. The van der Waals surface area contributed by atoms with E-state index in [1.54, 1.807) is 48.5 Å². The van der Waals surface area contributed by atoms with Crippen LogP contribution in [0.2, 0.25) is 5.02 Å². The molecular formula is C21H18ClNO4. The number of carboxylic acid groups (broad SMARTS) is 1. The number of amides is 1. The fraction of sp³-hybridized carbons (Fsp3) is 0.190.